The molecule has 1 aromatic carbocycles. The summed E-state index contributed by atoms with van der Waals surface area (Å²) in [6.07, 6.45) is 0.445. The molecule has 1 unspecified atom stereocenters. The fourth-order valence-electron chi connectivity index (χ4n) is 2.21. The number of hydrogen-bond donors (Lipinski definition) is 2. The highest BCUT2D eigenvalue weighted by atomic mass is 16.5. The maximum absolute atomic E-state index is 11.1. The zero-order valence-corrected chi connectivity index (χ0v) is 13.7. The minimum absolute atomic E-state index is 0.00307. The molecule has 1 rings (SSSR count). The lowest BCUT2D eigenvalue weighted by Crippen LogP contribution is -2.37. The summed E-state index contributed by atoms with van der Waals surface area (Å²) in [4.78, 5) is 11.1. The van der Waals surface area contributed by atoms with E-state index >= 15 is 0 Å². The van der Waals surface area contributed by atoms with Gasteiger partial charge in [-0.1, -0.05) is 39.8 Å². The van der Waals surface area contributed by atoms with Gasteiger partial charge in [0.1, 0.15) is 11.8 Å². The first-order valence-electron chi connectivity index (χ1n) is 7.45. The molecule has 0 saturated heterocycles. The van der Waals surface area contributed by atoms with E-state index in [1.807, 2.05) is 19.9 Å². The number of nitrogens with one attached hydrogen (secondary N) is 1. The molecule has 0 amide bonds. The number of aryl methyl sites for hydroxylation is 1. The highest BCUT2D eigenvalue weighted by Gasteiger charge is 2.20. The monoisotopic (exact) mass is 293 g/mol. The fourth-order valence-corrected chi connectivity index (χ4v) is 2.21. The Kier molecular flexibility index (Phi) is 6.21. The van der Waals surface area contributed by atoms with Crippen molar-refractivity contribution in [2.24, 2.45) is 0 Å². The van der Waals surface area contributed by atoms with Gasteiger partial charge in [0.05, 0.1) is 6.61 Å². The molecule has 2 N–H and O–H groups in total. The number of hydrogen-bond acceptors (Lipinski definition) is 3. The van der Waals surface area contributed by atoms with Gasteiger partial charge in [-0.2, -0.15) is 0 Å². The van der Waals surface area contributed by atoms with Crippen molar-refractivity contribution in [1.29, 1.82) is 0 Å². The number of carboxylic acid groups (broad SMARTS) is 1. The van der Waals surface area contributed by atoms with Gasteiger partial charge in [0.25, 0.3) is 0 Å². The molecule has 118 valence electrons. The molecule has 0 spiro atoms. The minimum atomic E-state index is -0.833. The molecule has 0 aliphatic carbocycles. The molecule has 0 radical (unpaired) electrons. The summed E-state index contributed by atoms with van der Waals surface area (Å²) in [5, 5.41) is 12.1. The van der Waals surface area contributed by atoms with Crippen molar-refractivity contribution in [1.82, 2.24) is 5.32 Å². The van der Waals surface area contributed by atoms with Crippen molar-refractivity contribution in [2.75, 3.05) is 13.2 Å². The Morgan fingerprint density at radius 2 is 2.05 bits per heavy atom. The summed E-state index contributed by atoms with van der Waals surface area (Å²) >= 11 is 0. The van der Waals surface area contributed by atoms with Crippen LogP contribution in [0.1, 0.15) is 45.2 Å². The van der Waals surface area contributed by atoms with Crippen LogP contribution in [-0.4, -0.2) is 30.3 Å². The van der Waals surface area contributed by atoms with Crippen LogP contribution in [0.3, 0.4) is 0 Å². The van der Waals surface area contributed by atoms with Crippen LogP contribution in [-0.2, 0) is 10.2 Å². The van der Waals surface area contributed by atoms with E-state index in [9.17, 15) is 4.79 Å². The number of ether oxygens (including phenoxy) is 1. The fraction of sp³-hybridized carbons (Fsp3) is 0.588. The van der Waals surface area contributed by atoms with Crippen molar-refractivity contribution in [3.63, 3.8) is 0 Å². The van der Waals surface area contributed by atoms with E-state index < -0.39 is 12.0 Å². The molecule has 1 atom stereocenters. The van der Waals surface area contributed by atoms with Gasteiger partial charge < -0.3 is 15.2 Å². The van der Waals surface area contributed by atoms with E-state index in [-0.39, 0.29) is 5.41 Å². The number of carbonyl (C=O) groups is 1. The van der Waals surface area contributed by atoms with Crippen molar-refractivity contribution < 1.29 is 14.6 Å². The predicted octanol–water partition coefficient (Wildman–Crippen LogP) is 3.12. The van der Waals surface area contributed by atoms with Crippen LogP contribution in [0.15, 0.2) is 18.2 Å². The van der Waals surface area contributed by atoms with Crippen LogP contribution in [0.2, 0.25) is 0 Å². The molecule has 0 saturated carbocycles. The number of aliphatic carboxylic acids is 1. The van der Waals surface area contributed by atoms with E-state index in [1.54, 1.807) is 0 Å². The van der Waals surface area contributed by atoms with Crippen molar-refractivity contribution >= 4 is 5.97 Å². The van der Waals surface area contributed by atoms with Gasteiger partial charge >= 0.3 is 5.97 Å². The maximum atomic E-state index is 11.1. The molecule has 0 aromatic heterocycles. The Labute approximate surface area is 127 Å². The molecule has 4 heteroatoms. The Bertz CT molecular complexity index is 477. The first kappa shape index (κ1) is 17.5. The lowest BCUT2D eigenvalue weighted by atomic mass is 9.86. The summed E-state index contributed by atoms with van der Waals surface area (Å²) in [5.74, 6) is 0.0175. The van der Waals surface area contributed by atoms with E-state index in [0.29, 0.717) is 19.6 Å². The first-order valence-corrected chi connectivity index (χ1v) is 7.45. The highest BCUT2D eigenvalue weighted by molar-refractivity contribution is 5.73. The number of carboxylic acids is 1. The number of rotatable bonds is 7. The van der Waals surface area contributed by atoms with Crippen LogP contribution in [0, 0.1) is 6.92 Å². The van der Waals surface area contributed by atoms with E-state index in [2.05, 4.69) is 38.2 Å². The summed E-state index contributed by atoms with van der Waals surface area (Å²) < 4.78 is 5.87. The molecule has 0 aliphatic heterocycles. The van der Waals surface area contributed by atoms with Gasteiger partial charge in [0.2, 0.25) is 0 Å². The molecular weight excluding hydrogens is 266 g/mol. The third-order valence-corrected chi connectivity index (χ3v) is 3.36. The van der Waals surface area contributed by atoms with Gasteiger partial charge in [-0.3, -0.25) is 4.79 Å². The Morgan fingerprint density at radius 1 is 1.38 bits per heavy atom. The molecule has 4 nitrogen and oxygen atoms in total. The van der Waals surface area contributed by atoms with E-state index in [0.717, 1.165) is 16.9 Å². The summed E-state index contributed by atoms with van der Waals surface area (Å²) in [6, 6.07) is 5.62. The SMILES string of the molecule is CCNC(CCOc1cc(C)ccc1C(C)(C)C)C(=O)O. The summed E-state index contributed by atoms with van der Waals surface area (Å²) in [6.45, 7) is 11.4. The zero-order chi connectivity index (χ0) is 16.0. The quantitative estimate of drug-likeness (QED) is 0.811. The van der Waals surface area contributed by atoms with Crippen molar-refractivity contribution in [3.05, 3.63) is 29.3 Å². The molecule has 0 heterocycles. The van der Waals surface area contributed by atoms with Crippen LogP contribution in [0.5, 0.6) is 5.75 Å². The van der Waals surface area contributed by atoms with Gasteiger partial charge in [0.15, 0.2) is 0 Å². The van der Waals surface area contributed by atoms with Gasteiger partial charge in [0, 0.05) is 6.42 Å². The Hall–Kier alpha value is -1.55. The van der Waals surface area contributed by atoms with Crippen LogP contribution in [0.25, 0.3) is 0 Å². The molecular formula is C17H27NO3. The largest absolute Gasteiger partial charge is 0.493 e. The summed E-state index contributed by atoms with van der Waals surface area (Å²) in [5.41, 5.74) is 2.28. The van der Waals surface area contributed by atoms with Crippen LogP contribution in [0.4, 0.5) is 0 Å². The maximum Gasteiger partial charge on any atom is 0.320 e. The highest BCUT2D eigenvalue weighted by Crippen LogP contribution is 2.32. The second-order valence-electron chi connectivity index (χ2n) is 6.34. The standard InChI is InChI=1S/C17H27NO3/c1-6-18-14(16(19)20)9-10-21-15-11-12(2)7-8-13(15)17(3,4)5/h7-8,11,14,18H,6,9-10H2,1-5H3,(H,19,20). The number of likely N-dealkylation sites (N-methyl/N-ethyl adjacent to an activating group) is 1. The zero-order valence-electron chi connectivity index (χ0n) is 13.7. The summed E-state index contributed by atoms with van der Waals surface area (Å²) in [7, 11) is 0. The van der Waals surface area contributed by atoms with Crippen LogP contribution >= 0.6 is 0 Å². The second-order valence-corrected chi connectivity index (χ2v) is 6.34. The first-order chi connectivity index (χ1) is 9.75. The van der Waals surface area contributed by atoms with Crippen molar-refractivity contribution in [3.8, 4) is 5.75 Å². The van der Waals surface area contributed by atoms with Gasteiger partial charge in [-0.05, 0) is 36.1 Å². The smallest absolute Gasteiger partial charge is 0.320 e. The van der Waals surface area contributed by atoms with Gasteiger partial charge in [-0.15, -0.1) is 0 Å². The average molecular weight is 293 g/mol. The lowest BCUT2D eigenvalue weighted by Gasteiger charge is -2.23. The molecule has 0 fully saturated rings. The Morgan fingerprint density at radius 3 is 2.57 bits per heavy atom. The van der Waals surface area contributed by atoms with Crippen LogP contribution < -0.4 is 10.1 Å². The molecule has 0 bridgehead atoms. The van der Waals surface area contributed by atoms with E-state index in [1.165, 1.54) is 0 Å². The molecule has 21 heavy (non-hydrogen) atoms. The van der Waals surface area contributed by atoms with E-state index in [4.69, 9.17) is 9.84 Å². The third kappa shape index (κ3) is 5.38. The Balaban J connectivity index is 2.75. The normalized spacial score (nSPS) is 13.0. The predicted molar refractivity (Wildman–Crippen MR) is 85.1 cm³/mol. The minimum Gasteiger partial charge on any atom is -0.493 e. The van der Waals surface area contributed by atoms with Crippen molar-refractivity contribution in [2.45, 2.75) is 52.5 Å². The molecule has 1 aromatic rings. The van der Waals surface area contributed by atoms with Gasteiger partial charge in [-0.25, -0.2) is 0 Å². The topological polar surface area (TPSA) is 58.6 Å². The lowest BCUT2D eigenvalue weighted by molar-refractivity contribution is -0.139. The molecule has 0 aliphatic rings. The second kappa shape index (κ2) is 7.46. The average Bonchev–Trinajstić information content (AvgIpc) is 2.36. The number of benzene rings is 1. The third-order valence-electron chi connectivity index (χ3n) is 3.36.